The lowest BCUT2D eigenvalue weighted by atomic mass is 10.0. The molecular weight excluding hydrogens is 495 g/mol. The van der Waals surface area contributed by atoms with Gasteiger partial charge in [0.25, 0.3) is 11.9 Å². The number of amides is 1. The molecule has 1 aliphatic rings. The van der Waals surface area contributed by atoms with Gasteiger partial charge in [-0.25, -0.2) is 0 Å². The SMILES string of the molecule is CCOCCCN1C(=Nc2ccc(OC(F)(F)F)cc2)OCC1c1ccc(C(=O)NCCC(=O)O)cc1. The van der Waals surface area contributed by atoms with Crippen molar-refractivity contribution in [1.82, 2.24) is 10.2 Å². The molecule has 12 heteroatoms. The van der Waals surface area contributed by atoms with Gasteiger partial charge in [0, 0.05) is 31.9 Å². The zero-order valence-corrected chi connectivity index (χ0v) is 20.2. The number of alkyl halides is 3. The summed E-state index contributed by atoms with van der Waals surface area (Å²) in [6, 6.07) is 12.2. The van der Waals surface area contributed by atoms with Gasteiger partial charge in [0.1, 0.15) is 12.4 Å². The summed E-state index contributed by atoms with van der Waals surface area (Å²) in [6.45, 7) is 3.89. The first-order valence-electron chi connectivity index (χ1n) is 11.7. The molecule has 1 amide bonds. The lowest BCUT2D eigenvalue weighted by molar-refractivity contribution is -0.274. The molecule has 0 aromatic heterocycles. The quantitative estimate of drug-likeness (QED) is 0.400. The molecule has 9 nitrogen and oxygen atoms in total. The Hall–Kier alpha value is -3.80. The molecule has 0 bridgehead atoms. The molecule has 2 N–H and O–H groups in total. The Labute approximate surface area is 211 Å². The number of benzene rings is 2. The number of amidine groups is 1. The third-order valence-electron chi connectivity index (χ3n) is 5.36. The zero-order valence-electron chi connectivity index (χ0n) is 20.2. The molecule has 1 unspecified atom stereocenters. The van der Waals surface area contributed by atoms with Crippen molar-refractivity contribution in [3.05, 3.63) is 59.7 Å². The van der Waals surface area contributed by atoms with Crippen LogP contribution in [0.25, 0.3) is 0 Å². The molecule has 1 fully saturated rings. The fourth-order valence-electron chi connectivity index (χ4n) is 3.64. The van der Waals surface area contributed by atoms with Crippen molar-refractivity contribution in [2.45, 2.75) is 32.2 Å². The summed E-state index contributed by atoms with van der Waals surface area (Å²) in [4.78, 5) is 29.3. The van der Waals surface area contributed by atoms with Crippen LogP contribution in [0.15, 0.2) is 53.5 Å². The van der Waals surface area contributed by atoms with Crippen LogP contribution >= 0.6 is 0 Å². The van der Waals surface area contributed by atoms with Gasteiger partial charge in [-0.05, 0) is 55.3 Å². The summed E-state index contributed by atoms with van der Waals surface area (Å²) in [5.41, 5.74) is 1.66. The molecule has 1 atom stereocenters. The fourth-order valence-corrected chi connectivity index (χ4v) is 3.64. The van der Waals surface area contributed by atoms with E-state index in [9.17, 15) is 22.8 Å². The first kappa shape index (κ1) is 27.8. The number of aliphatic imine (C=N–C) groups is 1. The predicted octanol–water partition coefficient (Wildman–Crippen LogP) is 4.28. The number of hydrogen-bond donors (Lipinski definition) is 2. The molecule has 37 heavy (non-hydrogen) atoms. The molecule has 1 aliphatic heterocycles. The van der Waals surface area contributed by atoms with Gasteiger partial charge in [-0.2, -0.15) is 4.99 Å². The number of ether oxygens (including phenoxy) is 3. The standard InChI is InChI=1S/C25H28F3N3O6/c1-2-35-15-3-14-31-21(17-4-6-18(7-5-17)23(34)29-13-12-22(32)33)16-36-24(31)30-19-8-10-20(11-9-19)37-25(26,27)28/h4-11,21H,2-3,12-16H2,1H3,(H,29,34)(H,32,33). The van der Waals surface area contributed by atoms with E-state index in [0.717, 1.165) is 5.56 Å². The topological polar surface area (TPSA) is 110 Å². The Kier molecular flexibility index (Phi) is 9.72. The monoisotopic (exact) mass is 523 g/mol. The zero-order chi connectivity index (χ0) is 26.8. The van der Waals surface area contributed by atoms with Crippen LogP contribution in [0.1, 0.15) is 41.7 Å². The number of nitrogens with zero attached hydrogens (tertiary/aromatic N) is 2. The molecule has 3 rings (SSSR count). The van der Waals surface area contributed by atoms with E-state index in [1.54, 1.807) is 24.3 Å². The number of hydrogen-bond acceptors (Lipinski definition) is 6. The number of carboxylic acids is 1. The van der Waals surface area contributed by atoms with E-state index in [4.69, 9.17) is 14.6 Å². The molecule has 0 radical (unpaired) electrons. The third kappa shape index (κ3) is 8.67. The normalized spacial score (nSPS) is 16.5. The Morgan fingerprint density at radius 3 is 2.49 bits per heavy atom. The molecule has 200 valence electrons. The van der Waals surface area contributed by atoms with Crippen LogP contribution in [0, 0.1) is 0 Å². The van der Waals surface area contributed by atoms with E-state index >= 15 is 0 Å². The molecular formula is C25H28F3N3O6. The van der Waals surface area contributed by atoms with Crippen LogP contribution in [-0.2, 0) is 14.3 Å². The molecule has 2 aromatic rings. The predicted molar refractivity (Wildman–Crippen MR) is 128 cm³/mol. The van der Waals surface area contributed by atoms with Crippen LogP contribution in [0.3, 0.4) is 0 Å². The van der Waals surface area contributed by atoms with Crippen molar-refractivity contribution < 1.29 is 42.1 Å². The Morgan fingerprint density at radius 1 is 1.16 bits per heavy atom. The van der Waals surface area contributed by atoms with Crippen LogP contribution in [-0.4, -0.2) is 67.2 Å². The van der Waals surface area contributed by atoms with E-state index in [1.807, 2.05) is 11.8 Å². The number of rotatable bonds is 12. The average molecular weight is 524 g/mol. The molecule has 0 saturated carbocycles. The van der Waals surface area contributed by atoms with Gasteiger partial charge in [-0.15, -0.1) is 13.2 Å². The lowest BCUT2D eigenvalue weighted by Gasteiger charge is -2.24. The largest absolute Gasteiger partial charge is 0.573 e. The Balaban J connectivity index is 1.74. The maximum Gasteiger partial charge on any atom is 0.573 e. The Morgan fingerprint density at radius 2 is 1.86 bits per heavy atom. The van der Waals surface area contributed by atoms with E-state index < -0.39 is 12.3 Å². The molecule has 1 saturated heterocycles. The van der Waals surface area contributed by atoms with Crippen molar-refractivity contribution >= 4 is 23.6 Å². The van der Waals surface area contributed by atoms with Crippen LogP contribution in [0.4, 0.5) is 18.9 Å². The maximum atomic E-state index is 12.4. The second kappa shape index (κ2) is 12.9. The van der Waals surface area contributed by atoms with E-state index in [0.29, 0.717) is 43.5 Å². The van der Waals surface area contributed by atoms with Crippen LogP contribution in [0.5, 0.6) is 5.75 Å². The fraction of sp³-hybridized carbons (Fsp3) is 0.400. The van der Waals surface area contributed by atoms with Gasteiger partial charge in [-0.3, -0.25) is 9.59 Å². The highest BCUT2D eigenvalue weighted by Gasteiger charge is 2.33. The minimum Gasteiger partial charge on any atom is -0.481 e. The number of carbonyl (C=O) groups is 2. The highest BCUT2D eigenvalue weighted by molar-refractivity contribution is 5.94. The van der Waals surface area contributed by atoms with Crippen molar-refractivity contribution in [3.8, 4) is 5.75 Å². The highest BCUT2D eigenvalue weighted by Crippen LogP contribution is 2.31. The van der Waals surface area contributed by atoms with E-state index in [2.05, 4.69) is 15.0 Å². The van der Waals surface area contributed by atoms with Crippen molar-refractivity contribution in [1.29, 1.82) is 0 Å². The molecule has 1 heterocycles. The third-order valence-corrected chi connectivity index (χ3v) is 5.36. The summed E-state index contributed by atoms with van der Waals surface area (Å²) >= 11 is 0. The van der Waals surface area contributed by atoms with Crippen molar-refractivity contribution in [2.24, 2.45) is 4.99 Å². The van der Waals surface area contributed by atoms with E-state index in [1.165, 1.54) is 24.3 Å². The van der Waals surface area contributed by atoms with Gasteiger partial charge >= 0.3 is 12.3 Å². The lowest BCUT2D eigenvalue weighted by Crippen LogP contribution is -2.30. The Bertz CT molecular complexity index is 1070. The average Bonchev–Trinajstić information content (AvgIpc) is 3.24. The number of halogens is 3. The van der Waals surface area contributed by atoms with Gasteiger partial charge in [-0.1, -0.05) is 12.1 Å². The van der Waals surface area contributed by atoms with Gasteiger partial charge in [0.15, 0.2) is 0 Å². The smallest absolute Gasteiger partial charge is 0.481 e. The number of carbonyl (C=O) groups excluding carboxylic acids is 1. The summed E-state index contributed by atoms with van der Waals surface area (Å²) in [5.74, 6) is -1.71. The summed E-state index contributed by atoms with van der Waals surface area (Å²) in [7, 11) is 0. The number of carboxylic acid groups (broad SMARTS) is 1. The number of aliphatic carboxylic acids is 1. The van der Waals surface area contributed by atoms with Crippen LogP contribution < -0.4 is 10.1 Å². The molecule has 0 aliphatic carbocycles. The molecule has 0 spiro atoms. The van der Waals surface area contributed by atoms with Gasteiger partial charge in [0.2, 0.25) is 0 Å². The summed E-state index contributed by atoms with van der Waals surface area (Å²) in [6.07, 6.45) is -4.25. The second-order valence-electron chi connectivity index (χ2n) is 8.03. The maximum absolute atomic E-state index is 12.4. The summed E-state index contributed by atoms with van der Waals surface area (Å²) < 4.78 is 52.4. The van der Waals surface area contributed by atoms with Crippen molar-refractivity contribution in [3.63, 3.8) is 0 Å². The van der Waals surface area contributed by atoms with E-state index in [-0.39, 0.29) is 37.3 Å². The second-order valence-corrected chi connectivity index (χ2v) is 8.03. The highest BCUT2D eigenvalue weighted by atomic mass is 19.4. The number of nitrogens with one attached hydrogen (secondary N) is 1. The minimum atomic E-state index is -4.78. The molecule has 2 aromatic carbocycles. The first-order valence-corrected chi connectivity index (χ1v) is 11.7. The first-order chi connectivity index (χ1) is 17.7. The van der Waals surface area contributed by atoms with Gasteiger partial charge in [0.05, 0.1) is 18.2 Å². The van der Waals surface area contributed by atoms with Crippen molar-refractivity contribution in [2.75, 3.05) is 32.9 Å². The summed E-state index contributed by atoms with van der Waals surface area (Å²) in [5, 5.41) is 11.3. The van der Waals surface area contributed by atoms with Crippen LogP contribution in [0.2, 0.25) is 0 Å². The minimum absolute atomic E-state index is 0.0309. The van der Waals surface area contributed by atoms with Gasteiger partial charge < -0.3 is 29.5 Å².